The van der Waals surface area contributed by atoms with E-state index in [9.17, 15) is 30.0 Å². The Bertz CT molecular complexity index is 906. The molecule has 1 aromatic carbocycles. The number of nitrogens with zero attached hydrogens (tertiary/aromatic N) is 1. The number of alkyl halides is 3. The molecule has 0 aromatic heterocycles. The minimum Gasteiger partial charge on any atom is -1.00 e. The Hall–Kier alpha value is 0.530. The molecule has 0 fully saturated rings. The van der Waals surface area contributed by atoms with Gasteiger partial charge >= 0.3 is 43.9 Å². The summed E-state index contributed by atoms with van der Waals surface area (Å²) >= 11 is 6.34. The minimum atomic E-state index is -4.37. The Morgan fingerprint density at radius 1 is 1.42 bits per heavy atom. The van der Waals surface area contributed by atoms with Gasteiger partial charge in [-0.1, -0.05) is 11.6 Å². The third-order valence-electron chi connectivity index (χ3n) is 3.30. The third-order valence-corrected chi connectivity index (χ3v) is 7.66. The van der Waals surface area contributed by atoms with Crippen LogP contribution in [0.2, 0.25) is 5.02 Å². The predicted molar refractivity (Wildman–Crippen MR) is 96.5 cm³/mol. The maximum Gasteiger partial charge on any atom is 2.00 e. The number of hydrogen-bond acceptors (Lipinski definition) is 6. The van der Waals surface area contributed by atoms with Gasteiger partial charge in [0.25, 0.3) is 0 Å². The van der Waals surface area contributed by atoms with Crippen LogP contribution in [0.25, 0.3) is 0 Å². The second kappa shape index (κ2) is 8.49. The van der Waals surface area contributed by atoms with E-state index < -0.39 is 43.0 Å². The van der Waals surface area contributed by atoms with E-state index in [0.717, 1.165) is 16.4 Å². The zero-order valence-corrected chi connectivity index (χ0v) is 18.7. The Labute approximate surface area is 190 Å². The zero-order valence-electron chi connectivity index (χ0n) is 15.2. The molecular formula is C11H15CaClF3N3O4S3. The van der Waals surface area contributed by atoms with Crippen LogP contribution in [-0.4, -0.2) is 89.8 Å². The molecule has 146 valence electrons. The molecule has 0 saturated carbocycles. The molecule has 1 aliphatic heterocycles. The average Bonchev–Trinajstić information content (AvgIpc) is 2.41. The van der Waals surface area contributed by atoms with Gasteiger partial charge in [-0.3, -0.25) is 0 Å². The summed E-state index contributed by atoms with van der Waals surface area (Å²) in [5, 5.41) is 7.45. The van der Waals surface area contributed by atoms with Gasteiger partial charge in [0.05, 0.1) is 16.5 Å². The van der Waals surface area contributed by atoms with Gasteiger partial charge in [0.1, 0.15) is 16.0 Å². The number of thioether (sulfide) groups is 1. The number of fused-ring (bicyclic) bond motifs is 1. The Kier molecular flexibility index (Phi) is 8.02. The summed E-state index contributed by atoms with van der Waals surface area (Å²) in [5.41, 5.74) is -0.00638. The van der Waals surface area contributed by atoms with Crippen LogP contribution >= 0.6 is 23.4 Å². The van der Waals surface area contributed by atoms with Crippen LogP contribution in [0.15, 0.2) is 21.9 Å². The van der Waals surface area contributed by atoms with Gasteiger partial charge in [-0.25, -0.2) is 22.0 Å². The molecule has 1 atom stereocenters. The summed E-state index contributed by atoms with van der Waals surface area (Å²) in [7, 11) is -7.21. The number of primary sulfonamides is 1. The van der Waals surface area contributed by atoms with Gasteiger partial charge in [0, 0.05) is 12.8 Å². The summed E-state index contributed by atoms with van der Waals surface area (Å²) in [6.45, 7) is 0. The van der Waals surface area contributed by atoms with Gasteiger partial charge in [-0.2, -0.15) is 17.5 Å². The molecule has 1 heterocycles. The summed E-state index contributed by atoms with van der Waals surface area (Å²) in [6, 6.07) is 1.90. The third kappa shape index (κ3) is 5.54. The van der Waals surface area contributed by atoms with Crippen molar-refractivity contribution in [1.82, 2.24) is 4.31 Å². The normalized spacial score (nSPS) is 20.0. The first kappa shape index (κ1) is 24.6. The molecule has 3 N–H and O–H groups in total. The molecule has 0 radical (unpaired) electrons. The van der Waals surface area contributed by atoms with E-state index in [1.165, 1.54) is 7.05 Å². The second-order valence-corrected chi connectivity index (χ2v) is 10.1. The van der Waals surface area contributed by atoms with Crippen LogP contribution in [0.5, 0.6) is 0 Å². The standard InChI is InChI=1S/C11H13ClF3N3O4S3.Ca.2H/c1-18-10(4-23-5-11(13,14)15)17-7-2-6(12)8(24(16,19)20)3-9(7)25(18,21)22;;;/h2-3,10,17H,4-5H2,1H3,(H2,16,19,20);;;/q;+2;2*-1. The average molecular weight is 482 g/mol. The van der Waals surface area contributed by atoms with E-state index in [1.807, 2.05) is 0 Å². The molecule has 2 rings (SSSR count). The zero-order chi connectivity index (χ0) is 19.2. The van der Waals surface area contributed by atoms with Crippen molar-refractivity contribution in [2.24, 2.45) is 5.14 Å². The molecule has 0 spiro atoms. The van der Waals surface area contributed by atoms with Crippen molar-refractivity contribution < 1.29 is 32.9 Å². The van der Waals surface area contributed by atoms with Crippen molar-refractivity contribution in [2.75, 3.05) is 23.9 Å². The van der Waals surface area contributed by atoms with Crippen molar-refractivity contribution in [3.63, 3.8) is 0 Å². The fourth-order valence-electron chi connectivity index (χ4n) is 2.10. The molecule has 0 saturated heterocycles. The molecule has 1 aliphatic rings. The first-order valence-electron chi connectivity index (χ1n) is 6.49. The smallest absolute Gasteiger partial charge is 1.00 e. The van der Waals surface area contributed by atoms with Crippen molar-refractivity contribution in [1.29, 1.82) is 0 Å². The van der Waals surface area contributed by atoms with Crippen LogP contribution in [-0.2, 0) is 20.0 Å². The van der Waals surface area contributed by atoms with Gasteiger partial charge < -0.3 is 8.17 Å². The number of rotatable bonds is 4. The van der Waals surface area contributed by atoms with Crippen molar-refractivity contribution in [3.8, 4) is 0 Å². The fourth-order valence-corrected chi connectivity index (χ4v) is 5.69. The summed E-state index contributed by atoms with van der Waals surface area (Å²) < 4.78 is 85.6. The summed E-state index contributed by atoms with van der Waals surface area (Å²) in [5.74, 6) is -1.31. The number of sulfonamides is 2. The summed E-state index contributed by atoms with van der Waals surface area (Å²) in [4.78, 5) is -0.933. The molecule has 1 unspecified atom stereocenters. The molecule has 15 heteroatoms. The van der Waals surface area contributed by atoms with E-state index in [-0.39, 0.29) is 61.9 Å². The number of benzene rings is 1. The van der Waals surface area contributed by atoms with Crippen LogP contribution in [0, 0.1) is 0 Å². The van der Waals surface area contributed by atoms with E-state index >= 15 is 0 Å². The fraction of sp³-hybridized carbons (Fsp3) is 0.455. The Morgan fingerprint density at radius 3 is 2.50 bits per heavy atom. The monoisotopic (exact) mass is 481 g/mol. The molecular weight excluding hydrogens is 467 g/mol. The molecule has 26 heavy (non-hydrogen) atoms. The number of hydrogen-bond donors (Lipinski definition) is 2. The minimum absolute atomic E-state index is 0. The first-order chi connectivity index (χ1) is 11.2. The number of halogens is 4. The van der Waals surface area contributed by atoms with Crippen LogP contribution in [0.1, 0.15) is 2.85 Å². The van der Waals surface area contributed by atoms with E-state index in [0.29, 0.717) is 11.8 Å². The Morgan fingerprint density at radius 2 is 2.00 bits per heavy atom. The van der Waals surface area contributed by atoms with Crippen molar-refractivity contribution in [2.45, 2.75) is 22.1 Å². The first-order valence-corrected chi connectivity index (χ1v) is 11.0. The number of nitrogens with two attached hydrogens (primary N) is 1. The largest absolute Gasteiger partial charge is 2.00 e. The topological polar surface area (TPSA) is 110 Å². The van der Waals surface area contributed by atoms with Gasteiger partial charge in [-0.05, 0) is 12.1 Å². The Balaban J connectivity index is 0. The van der Waals surface area contributed by atoms with E-state index in [2.05, 4.69) is 5.32 Å². The van der Waals surface area contributed by atoms with E-state index in [4.69, 9.17) is 16.7 Å². The summed E-state index contributed by atoms with van der Waals surface area (Å²) in [6.07, 6.45) is -5.33. The molecule has 0 bridgehead atoms. The second-order valence-electron chi connectivity index (χ2n) is 5.14. The van der Waals surface area contributed by atoms with Crippen molar-refractivity contribution >= 4 is 86.8 Å². The number of anilines is 1. The van der Waals surface area contributed by atoms with E-state index in [1.54, 1.807) is 0 Å². The maximum absolute atomic E-state index is 12.5. The number of nitrogens with one attached hydrogen (secondary N) is 1. The predicted octanol–water partition coefficient (Wildman–Crippen LogP) is 1.50. The molecule has 7 nitrogen and oxygen atoms in total. The molecule has 0 amide bonds. The van der Waals surface area contributed by atoms with Crippen LogP contribution in [0.3, 0.4) is 0 Å². The molecule has 1 aromatic rings. The van der Waals surface area contributed by atoms with Gasteiger partial charge in [0.15, 0.2) is 0 Å². The SMILES string of the molecule is CN1C(CSCC(F)(F)F)Nc2cc(Cl)c(S(N)(=O)=O)cc2S1(=O)=O.[Ca+2].[H-].[H-]. The van der Waals surface area contributed by atoms with Crippen molar-refractivity contribution in [3.05, 3.63) is 17.2 Å². The van der Waals surface area contributed by atoms with Crippen LogP contribution < -0.4 is 10.5 Å². The quantitative estimate of drug-likeness (QED) is 0.631. The molecule has 0 aliphatic carbocycles. The van der Waals surface area contributed by atoms with Gasteiger partial charge in [0.2, 0.25) is 20.0 Å². The van der Waals surface area contributed by atoms with Gasteiger partial charge in [-0.15, -0.1) is 11.8 Å². The van der Waals surface area contributed by atoms with Crippen LogP contribution in [0.4, 0.5) is 18.9 Å². The maximum atomic E-state index is 12.5.